The summed E-state index contributed by atoms with van der Waals surface area (Å²) < 4.78 is 51.1. The molecule has 0 N–H and O–H groups in total. The lowest BCUT2D eigenvalue weighted by atomic mass is 9.90. The number of carbonyl (C=O) groups excluding carboxylic acids is 1. The molecule has 3 heterocycles. The Bertz CT molecular complexity index is 1370. The summed E-state index contributed by atoms with van der Waals surface area (Å²) in [5.74, 6) is -0.413. The topological polar surface area (TPSA) is 70.2 Å². The average Bonchev–Trinajstić information content (AvgIpc) is 3.77. The third kappa shape index (κ3) is 6.23. The van der Waals surface area contributed by atoms with Gasteiger partial charge in [-0.15, -0.1) is 9.24 Å². The Hall–Kier alpha value is -1.77. The van der Waals surface area contributed by atoms with Gasteiger partial charge in [0.25, 0.3) is 0 Å². The monoisotopic (exact) mass is 635 g/mol. The quantitative estimate of drug-likeness (QED) is 0.371. The minimum Gasteiger partial charge on any atom is -0.441 e. The Labute approximate surface area is 256 Å². The van der Waals surface area contributed by atoms with Crippen LogP contribution in [-0.2, 0) is 14.8 Å². The molecule has 2 aromatic carbocycles. The molecule has 1 unspecified atom stereocenters. The normalized spacial score (nSPS) is 25.7. The van der Waals surface area contributed by atoms with Gasteiger partial charge in [0, 0.05) is 24.2 Å². The summed E-state index contributed by atoms with van der Waals surface area (Å²) >= 11 is 6.09. The number of halogens is 2. The Kier molecular flexibility index (Phi) is 8.87. The van der Waals surface area contributed by atoms with Gasteiger partial charge < -0.3 is 14.5 Å². The van der Waals surface area contributed by atoms with Crippen LogP contribution in [0, 0.1) is 5.82 Å². The van der Waals surface area contributed by atoms with E-state index in [1.165, 1.54) is 47.8 Å². The Balaban J connectivity index is 1.25. The standard InChI is InChI=1S/C31H40ClFN3O4PS/c32-23-7-9-27(10-8-23)42(38,39)36-28(22-19-24(33)21-26(41)20-22)5-4-6-29(36)31(13-14-31)40-30(37)35-17-11-25(12-18-35)34-15-2-1-3-16-34/h7-10,19-21,25,28-29H,1-6,11-18,41H2/t28-,29+/m0/s1. The molecular weight excluding hydrogens is 596 g/mol. The second kappa shape index (κ2) is 12.3. The first-order valence-electron chi connectivity index (χ1n) is 15.2. The van der Waals surface area contributed by atoms with Crippen LogP contribution in [0.2, 0.25) is 5.02 Å². The smallest absolute Gasteiger partial charge is 0.410 e. The van der Waals surface area contributed by atoms with E-state index in [0.29, 0.717) is 60.7 Å². The van der Waals surface area contributed by atoms with Crippen molar-refractivity contribution in [1.82, 2.24) is 14.1 Å². The number of rotatable bonds is 6. The molecule has 4 aliphatic rings. The van der Waals surface area contributed by atoms with Crippen molar-refractivity contribution in [3.8, 4) is 0 Å². The van der Waals surface area contributed by atoms with Gasteiger partial charge in [-0.2, -0.15) is 4.31 Å². The molecule has 0 bridgehead atoms. The Morgan fingerprint density at radius 3 is 2.26 bits per heavy atom. The second-order valence-electron chi connectivity index (χ2n) is 12.3. The average molecular weight is 636 g/mol. The van der Waals surface area contributed by atoms with Gasteiger partial charge in [0.15, 0.2) is 0 Å². The van der Waals surface area contributed by atoms with E-state index in [1.807, 2.05) is 6.07 Å². The summed E-state index contributed by atoms with van der Waals surface area (Å²) in [5.41, 5.74) is -0.292. The van der Waals surface area contributed by atoms with Crippen LogP contribution in [0.1, 0.15) is 75.8 Å². The lowest BCUT2D eigenvalue weighted by molar-refractivity contribution is -0.0144. The van der Waals surface area contributed by atoms with Gasteiger partial charge in [0.05, 0.1) is 17.0 Å². The highest BCUT2D eigenvalue weighted by Crippen LogP contribution is 2.52. The van der Waals surface area contributed by atoms with Gasteiger partial charge in [0.1, 0.15) is 11.4 Å². The molecule has 6 rings (SSSR count). The summed E-state index contributed by atoms with van der Waals surface area (Å²) in [6.45, 7) is 3.58. The largest absolute Gasteiger partial charge is 0.441 e. The number of ether oxygens (including phenoxy) is 1. The van der Waals surface area contributed by atoms with E-state index in [4.69, 9.17) is 16.3 Å². The fraction of sp³-hybridized carbons (Fsp3) is 0.581. The Morgan fingerprint density at radius 2 is 1.62 bits per heavy atom. The van der Waals surface area contributed by atoms with E-state index < -0.39 is 33.5 Å². The second-order valence-corrected chi connectivity index (χ2v) is 15.3. The third-order valence-corrected chi connectivity index (χ3v) is 12.1. The summed E-state index contributed by atoms with van der Waals surface area (Å²) in [6, 6.07) is 10.2. The zero-order chi connectivity index (χ0) is 29.5. The van der Waals surface area contributed by atoms with E-state index in [0.717, 1.165) is 32.4 Å². The van der Waals surface area contributed by atoms with Crippen molar-refractivity contribution >= 4 is 42.3 Å². The summed E-state index contributed by atoms with van der Waals surface area (Å²) in [6.07, 6.45) is 8.36. The summed E-state index contributed by atoms with van der Waals surface area (Å²) in [7, 11) is -1.53. The molecule has 4 fully saturated rings. The number of likely N-dealkylation sites (tertiary alicyclic amines) is 2. The highest BCUT2D eigenvalue weighted by atomic mass is 35.5. The highest BCUT2D eigenvalue weighted by Gasteiger charge is 2.60. The number of benzene rings is 2. The number of hydrogen-bond donors (Lipinski definition) is 0. The van der Waals surface area contributed by atoms with E-state index in [2.05, 4.69) is 14.1 Å². The van der Waals surface area contributed by atoms with Gasteiger partial charge in [-0.3, -0.25) is 0 Å². The van der Waals surface area contributed by atoms with Gasteiger partial charge in [0.2, 0.25) is 10.0 Å². The summed E-state index contributed by atoms with van der Waals surface area (Å²) in [4.78, 5) is 18.0. The van der Waals surface area contributed by atoms with Crippen molar-refractivity contribution in [2.45, 2.75) is 92.8 Å². The highest BCUT2D eigenvalue weighted by molar-refractivity contribution is 7.89. The number of amides is 1. The molecule has 0 aromatic heterocycles. The van der Waals surface area contributed by atoms with Crippen molar-refractivity contribution in [2.75, 3.05) is 26.2 Å². The number of nitrogens with zero attached hydrogens (tertiary/aromatic N) is 3. The van der Waals surface area contributed by atoms with Crippen LogP contribution in [0.3, 0.4) is 0 Å². The molecule has 11 heteroatoms. The Morgan fingerprint density at radius 1 is 0.929 bits per heavy atom. The molecule has 2 aromatic rings. The van der Waals surface area contributed by atoms with Crippen LogP contribution in [0.4, 0.5) is 9.18 Å². The first kappa shape index (κ1) is 30.3. The van der Waals surface area contributed by atoms with Crippen molar-refractivity contribution in [3.05, 3.63) is 58.9 Å². The zero-order valence-electron chi connectivity index (χ0n) is 23.9. The van der Waals surface area contributed by atoms with Gasteiger partial charge in [-0.05, 0) is 118 Å². The number of piperidine rings is 3. The molecule has 0 radical (unpaired) electrons. The van der Waals surface area contributed by atoms with E-state index in [9.17, 15) is 17.6 Å². The van der Waals surface area contributed by atoms with Crippen molar-refractivity contribution in [2.24, 2.45) is 0 Å². The van der Waals surface area contributed by atoms with Crippen LogP contribution >= 0.6 is 20.8 Å². The van der Waals surface area contributed by atoms with Crippen LogP contribution in [0.25, 0.3) is 0 Å². The molecule has 228 valence electrons. The number of carbonyl (C=O) groups is 1. The van der Waals surface area contributed by atoms with E-state index in [1.54, 1.807) is 17.0 Å². The van der Waals surface area contributed by atoms with Crippen LogP contribution < -0.4 is 5.30 Å². The lowest BCUT2D eigenvalue weighted by Gasteiger charge is -2.45. The maximum absolute atomic E-state index is 14.6. The van der Waals surface area contributed by atoms with Crippen LogP contribution in [0.5, 0.6) is 0 Å². The molecule has 1 amide bonds. The molecule has 3 atom stereocenters. The molecule has 1 saturated carbocycles. The van der Waals surface area contributed by atoms with Gasteiger partial charge in [-0.25, -0.2) is 17.6 Å². The molecular formula is C31H40ClFN3O4PS. The molecule has 3 saturated heterocycles. The molecule has 7 nitrogen and oxygen atoms in total. The number of sulfonamides is 1. The zero-order valence-corrected chi connectivity index (χ0v) is 26.6. The van der Waals surface area contributed by atoms with Crippen LogP contribution in [0.15, 0.2) is 47.4 Å². The lowest BCUT2D eigenvalue weighted by Crippen LogP contribution is -2.55. The maximum atomic E-state index is 14.6. The minimum atomic E-state index is -4.04. The van der Waals surface area contributed by atoms with E-state index in [-0.39, 0.29) is 11.0 Å². The first-order valence-corrected chi connectivity index (χ1v) is 17.6. The van der Waals surface area contributed by atoms with Crippen molar-refractivity contribution in [3.63, 3.8) is 0 Å². The molecule has 0 spiro atoms. The molecule has 1 aliphatic carbocycles. The first-order chi connectivity index (χ1) is 20.2. The minimum absolute atomic E-state index is 0.119. The SMILES string of the molecule is O=C(OC1([C@H]2CCC[C@@H](c3cc(F)cc(P)c3)N2S(=O)(=O)c2ccc(Cl)cc2)CC1)N1CCC(N2CCCCC2)CC1. The predicted octanol–water partition coefficient (Wildman–Crippen LogP) is 5.88. The van der Waals surface area contributed by atoms with Crippen molar-refractivity contribution < 1.29 is 22.3 Å². The fourth-order valence-electron chi connectivity index (χ4n) is 7.24. The summed E-state index contributed by atoms with van der Waals surface area (Å²) in [5, 5.41) is 1.09. The van der Waals surface area contributed by atoms with Gasteiger partial charge in [-0.1, -0.05) is 24.1 Å². The van der Waals surface area contributed by atoms with E-state index >= 15 is 0 Å². The predicted molar refractivity (Wildman–Crippen MR) is 165 cm³/mol. The fourth-order valence-corrected chi connectivity index (χ4v) is 9.63. The molecule has 3 aliphatic heterocycles. The van der Waals surface area contributed by atoms with Crippen molar-refractivity contribution in [1.29, 1.82) is 0 Å². The maximum Gasteiger partial charge on any atom is 0.410 e. The third-order valence-electron chi connectivity index (χ3n) is 9.56. The van der Waals surface area contributed by atoms with Gasteiger partial charge >= 0.3 is 6.09 Å². The molecule has 42 heavy (non-hydrogen) atoms. The van der Waals surface area contributed by atoms with Crippen LogP contribution in [-0.4, -0.2) is 72.5 Å². The number of hydrogen-bond acceptors (Lipinski definition) is 5.